The van der Waals surface area contributed by atoms with E-state index in [1.807, 2.05) is 0 Å². The molecule has 0 unspecified atom stereocenters. The molecule has 0 radical (unpaired) electrons. The van der Waals surface area contributed by atoms with Crippen LogP contribution in [0.3, 0.4) is 0 Å². The molecule has 0 saturated carbocycles. The third kappa shape index (κ3) is 7.75. The third-order valence-corrected chi connectivity index (χ3v) is 9.77. The molecule has 12 nitrogen and oxygen atoms in total. The molecule has 0 amide bonds. The summed E-state index contributed by atoms with van der Waals surface area (Å²) in [5, 5.41) is -4.75. The van der Waals surface area contributed by atoms with E-state index < -0.39 is 54.0 Å². The van der Waals surface area contributed by atoms with Crippen molar-refractivity contribution in [3.8, 4) is 0 Å². The van der Waals surface area contributed by atoms with Crippen LogP contribution in [0, 0.1) is 0 Å². The largest absolute Gasteiger partial charge is 0.344 e. The maximum absolute atomic E-state index is 11.0. The van der Waals surface area contributed by atoms with Crippen LogP contribution in [0.15, 0.2) is 12.2 Å². The molecular formula is C6H16O12P4. The Morgan fingerprint density at radius 1 is 0.682 bits per heavy atom. The lowest BCUT2D eigenvalue weighted by Gasteiger charge is -2.19. The number of allylic oxidation sites excluding steroid dienone is 2. The molecule has 0 saturated heterocycles. The lowest BCUT2D eigenvalue weighted by molar-refractivity contribution is 0.333. The first-order valence-corrected chi connectivity index (χ1v) is 12.1. The van der Waals surface area contributed by atoms with Gasteiger partial charge in [0.25, 0.3) is 0 Å². The van der Waals surface area contributed by atoms with Crippen molar-refractivity contribution in [2.45, 2.75) is 23.6 Å². The van der Waals surface area contributed by atoms with Crippen LogP contribution in [0.4, 0.5) is 0 Å². The minimum Gasteiger partial charge on any atom is -0.324 e. The summed E-state index contributed by atoms with van der Waals surface area (Å²) in [5.41, 5.74) is 0. The summed E-state index contributed by atoms with van der Waals surface area (Å²) >= 11 is 0. The molecule has 0 rings (SSSR count). The SMILES string of the molecule is O=P(O)(O)C(C=CCCC(P(=O)(O)O)P(=O)(O)O)P(=O)(O)O. The smallest absolute Gasteiger partial charge is 0.324 e. The van der Waals surface area contributed by atoms with E-state index in [1.54, 1.807) is 0 Å². The van der Waals surface area contributed by atoms with Gasteiger partial charge in [0.2, 0.25) is 0 Å². The molecule has 0 spiro atoms. The van der Waals surface area contributed by atoms with Crippen LogP contribution in [0.1, 0.15) is 12.8 Å². The summed E-state index contributed by atoms with van der Waals surface area (Å²) in [4.78, 5) is 70.5. The summed E-state index contributed by atoms with van der Waals surface area (Å²) in [5.74, 6) is 0. The molecule has 0 atom stereocenters. The van der Waals surface area contributed by atoms with Gasteiger partial charge in [-0.15, -0.1) is 0 Å². The van der Waals surface area contributed by atoms with Crippen molar-refractivity contribution in [2.24, 2.45) is 0 Å². The molecule has 0 aliphatic rings. The van der Waals surface area contributed by atoms with Gasteiger partial charge in [0.15, 0.2) is 10.8 Å². The van der Waals surface area contributed by atoms with Gasteiger partial charge in [0, 0.05) is 0 Å². The fraction of sp³-hybridized carbons (Fsp3) is 0.667. The average molecular weight is 404 g/mol. The van der Waals surface area contributed by atoms with Gasteiger partial charge in [-0.25, -0.2) is 0 Å². The second-order valence-electron chi connectivity index (χ2n) is 4.26. The fourth-order valence-corrected chi connectivity index (χ4v) is 6.21. The van der Waals surface area contributed by atoms with Crippen LogP contribution in [0.2, 0.25) is 0 Å². The fourth-order valence-electron chi connectivity index (χ4n) is 1.42. The van der Waals surface area contributed by atoms with Gasteiger partial charge < -0.3 is 39.1 Å². The number of hydrogen-bond donors (Lipinski definition) is 8. The van der Waals surface area contributed by atoms with Crippen LogP contribution in [0.25, 0.3) is 0 Å². The molecule has 0 fully saturated rings. The van der Waals surface area contributed by atoms with Crippen LogP contribution < -0.4 is 0 Å². The minimum atomic E-state index is -5.18. The Morgan fingerprint density at radius 3 is 1.32 bits per heavy atom. The monoisotopic (exact) mass is 404 g/mol. The van der Waals surface area contributed by atoms with E-state index in [2.05, 4.69) is 0 Å². The van der Waals surface area contributed by atoms with Gasteiger partial charge in [-0.1, -0.05) is 12.2 Å². The van der Waals surface area contributed by atoms with Crippen molar-refractivity contribution in [2.75, 3.05) is 0 Å². The molecule has 0 aliphatic heterocycles. The van der Waals surface area contributed by atoms with Gasteiger partial charge in [0.05, 0.1) is 0 Å². The minimum absolute atomic E-state index is 0.456. The van der Waals surface area contributed by atoms with Crippen molar-refractivity contribution in [1.29, 1.82) is 0 Å². The van der Waals surface area contributed by atoms with Crippen LogP contribution in [-0.4, -0.2) is 49.9 Å². The van der Waals surface area contributed by atoms with E-state index in [4.69, 9.17) is 39.1 Å². The Kier molecular flexibility index (Phi) is 7.60. The number of rotatable bonds is 8. The summed E-state index contributed by atoms with van der Waals surface area (Å²) in [7, 11) is -20.6. The lowest BCUT2D eigenvalue weighted by Crippen LogP contribution is -2.09. The van der Waals surface area contributed by atoms with E-state index in [-0.39, 0.29) is 0 Å². The maximum Gasteiger partial charge on any atom is 0.344 e. The van der Waals surface area contributed by atoms with E-state index in [1.165, 1.54) is 0 Å². The molecule has 132 valence electrons. The predicted molar refractivity (Wildman–Crippen MR) is 74.1 cm³/mol. The lowest BCUT2D eigenvalue weighted by atomic mass is 10.3. The topological polar surface area (TPSA) is 230 Å². The Labute approximate surface area is 124 Å². The summed E-state index contributed by atoms with van der Waals surface area (Å²) in [6.07, 6.45) is 0.0105. The van der Waals surface area contributed by atoms with Crippen LogP contribution >= 0.6 is 30.4 Å². The van der Waals surface area contributed by atoms with E-state index in [0.29, 0.717) is 6.08 Å². The molecule has 8 N–H and O–H groups in total. The molecule has 0 heterocycles. The second kappa shape index (κ2) is 7.49. The normalized spacial score (nSPS) is 15.2. The van der Waals surface area contributed by atoms with E-state index >= 15 is 0 Å². The first-order valence-electron chi connectivity index (χ1n) is 5.35. The molecule has 0 aromatic heterocycles. The second-order valence-corrected chi connectivity index (χ2v) is 12.1. The van der Waals surface area contributed by atoms with E-state index in [9.17, 15) is 18.3 Å². The van der Waals surface area contributed by atoms with Crippen molar-refractivity contribution in [3.63, 3.8) is 0 Å². The zero-order valence-corrected chi connectivity index (χ0v) is 14.3. The summed E-state index contributed by atoms with van der Waals surface area (Å²) in [6.45, 7) is 0. The molecule has 0 bridgehead atoms. The Bertz CT molecular complexity index is 543. The van der Waals surface area contributed by atoms with Crippen molar-refractivity contribution < 1.29 is 57.4 Å². The Balaban J connectivity index is 5.07. The molecule has 22 heavy (non-hydrogen) atoms. The van der Waals surface area contributed by atoms with E-state index in [0.717, 1.165) is 6.08 Å². The summed E-state index contributed by atoms with van der Waals surface area (Å²) in [6, 6.07) is 0. The highest BCUT2D eigenvalue weighted by molar-refractivity contribution is 7.71. The van der Waals surface area contributed by atoms with Crippen molar-refractivity contribution >= 4 is 30.4 Å². The number of hydrogen-bond acceptors (Lipinski definition) is 4. The average Bonchev–Trinajstić information content (AvgIpc) is 2.14. The van der Waals surface area contributed by atoms with Gasteiger partial charge in [-0.3, -0.25) is 18.3 Å². The Hall–Kier alpha value is 0.340. The Morgan fingerprint density at radius 2 is 1.05 bits per heavy atom. The quantitative estimate of drug-likeness (QED) is 0.192. The maximum atomic E-state index is 11.0. The van der Waals surface area contributed by atoms with Crippen LogP contribution in [-0.2, 0) is 18.3 Å². The molecule has 0 aliphatic carbocycles. The molecular weight excluding hydrogens is 388 g/mol. The van der Waals surface area contributed by atoms with Gasteiger partial charge in [-0.05, 0) is 12.8 Å². The molecule has 16 heteroatoms. The van der Waals surface area contributed by atoms with Gasteiger partial charge in [-0.2, -0.15) is 0 Å². The summed E-state index contributed by atoms with van der Waals surface area (Å²) < 4.78 is 43.8. The highest BCUT2D eigenvalue weighted by Crippen LogP contribution is 2.62. The van der Waals surface area contributed by atoms with Crippen molar-refractivity contribution in [3.05, 3.63) is 12.2 Å². The first kappa shape index (κ1) is 22.3. The first-order chi connectivity index (χ1) is 9.47. The van der Waals surface area contributed by atoms with Gasteiger partial charge >= 0.3 is 30.4 Å². The van der Waals surface area contributed by atoms with Crippen molar-refractivity contribution in [1.82, 2.24) is 0 Å². The highest BCUT2D eigenvalue weighted by atomic mass is 31.2. The highest BCUT2D eigenvalue weighted by Gasteiger charge is 2.43. The third-order valence-electron chi connectivity index (χ3n) is 2.37. The predicted octanol–water partition coefficient (Wildman–Crippen LogP) is -0.314. The zero-order valence-electron chi connectivity index (χ0n) is 10.7. The zero-order chi connectivity index (χ0) is 18.0. The van der Waals surface area contributed by atoms with Crippen LogP contribution in [0.5, 0.6) is 0 Å². The standard InChI is InChI=1S/C6H16O12P4/c7-19(8,9)5(20(10,11)12)3-1-2-4-6(21(13,14)15)22(16,17)18/h1,3,5-6H,2,4H2,(H2,7,8,9)(H2,10,11,12)(H2,13,14,15)(H2,16,17,18). The molecule has 0 aromatic carbocycles. The van der Waals surface area contributed by atoms with Gasteiger partial charge in [0.1, 0.15) is 0 Å². The molecule has 0 aromatic rings.